The Hall–Kier alpha value is -7.35. The van der Waals surface area contributed by atoms with E-state index in [1.165, 1.54) is 16.3 Å². The van der Waals surface area contributed by atoms with Crippen LogP contribution in [0.25, 0.3) is 55.3 Å². The molecule has 0 saturated heterocycles. The Balaban J connectivity index is 1.17. The van der Waals surface area contributed by atoms with Crippen molar-refractivity contribution in [3.8, 4) is 50.6 Å². The minimum Gasteiger partial charge on any atom is -0.383 e. The molecule has 0 fully saturated rings. The van der Waals surface area contributed by atoms with E-state index in [2.05, 4.69) is 115 Å². The summed E-state index contributed by atoms with van der Waals surface area (Å²) in [6, 6.07) is 68.6. The van der Waals surface area contributed by atoms with Crippen LogP contribution in [0.2, 0.25) is 0 Å². The lowest BCUT2D eigenvalue weighted by molar-refractivity contribution is 1.06. The molecule has 0 unspecified atom stereocenters. The molecule has 8 rings (SSSR count). The Bertz CT molecular complexity index is 2650. The Morgan fingerprint density at radius 2 is 1.02 bits per heavy atom. The molecule has 4 nitrogen and oxygen atoms in total. The van der Waals surface area contributed by atoms with Crippen LogP contribution < -0.4 is 5.73 Å². The number of nitrogens with zero attached hydrogens (tertiary/aromatic N) is 3. The molecule has 4 heteroatoms. The fourth-order valence-corrected chi connectivity index (χ4v) is 6.76. The van der Waals surface area contributed by atoms with Crippen LogP contribution in [0.15, 0.2) is 204 Å². The van der Waals surface area contributed by atoms with Crippen LogP contribution in [0, 0.1) is 11.3 Å². The maximum atomic E-state index is 9.23. The number of aliphatic imine (C=N–C) groups is 2. The van der Waals surface area contributed by atoms with Crippen molar-refractivity contribution in [1.29, 1.82) is 5.26 Å². The van der Waals surface area contributed by atoms with Crippen molar-refractivity contribution in [2.45, 2.75) is 6.54 Å². The molecule has 8 aromatic carbocycles. The number of rotatable bonds is 8. The van der Waals surface area contributed by atoms with E-state index in [9.17, 15) is 5.26 Å². The van der Waals surface area contributed by atoms with Crippen LogP contribution >= 0.6 is 0 Å². The maximum absolute atomic E-state index is 9.23. The zero-order chi connectivity index (χ0) is 36.7. The summed E-state index contributed by atoms with van der Waals surface area (Å²) < 4.78 is 0. The van der Waals surface area contributed by atoms with Crippen molar-refractivity contribution in [2.24, 2.45) is 15.7 Å². The minimum absolute atomic E-state index is 0.406. The van der Waals surface area contributed by atoms with Gasteiger partial charge in [-0.25, -0.2) is 4.99 Å². The SMILES string of the molecule is N#Cc1ccc(-c2ccc(-c3cc(CN=C(N=C(N)c4ccc(-c5ccccc5)cc4)c4ccccc4)cc(-c4cccc5ccccc45)c3)cc2)cc1. The fraction of sp³-hybridized carbons (Fsp3) is 0.0200. The summed E-state index contributed by atoms with van der Waals surface area (Å²) in [5, 5.41) is 11.6. The van der Waals surface area contributed by atoms with Crippen LogP contribution in [0.3, 0.4) is 0 Å². The summed E-state index contributed by atoms with van der Waals surface area (Å²) in [4.78, 5) is 10.0. The Morgan fingerprint density at radius 1 is 0.481 bits per heavy atom. The summed E-state index contributed by atoms with van der Waals surface area (Å²) >= 11 is 0. The van der Waals surface area contributed by atoms with E-state index >= 15 is 0 Å². The summed E-state index contributed by atoms with van der Waals surface area (Å²) in [5.74, 6) is 0.980. The van der Waals surface area contributed by atoms with Gasteiger partial charge in [0.15, 0.2) is 5.84 Å². The topological polar surface area (TPSA) is 74.5 Å². The third kappa shape index (κ3) is 7.48. The molecule has 0 bridgehead atoms. The van der Waals surface area contributed by atoms with Crippen molar-refractivity contribution in [1.82, 2.24) is 0 Å². The molecule has 0 aliphatic rings. The second-order valence-electron chi connectivity index (χ2n) is 13.2. The standard InChI is InChI=1S/C50H36N4/c51-33-35-18-20-38(21-19-35)40-22-24-41(25-23-40)45-30-36(31-46(32-45)48-17-9-15-42-12-7-8-16-47(42)48)34-53-50(44-13-5-2-6-14-44)54-49(52)43-28-26-39(27-29-43)37-10-3-1-4-11-37/h1-32H,34H2,(H2,52,53,54). The van der Waals surface area contributed by atoms with Crippen molar-refractivity contribution >= 4 is 22.4 Å². The van der Waals surface area contributed by atoms with Crippen LogP contribution in [0.1, 0.15) is 22.3 Å². The Labute approximate surface area is 315 Å². The molecule has 256 valence electrons. The largest absolute Gasteiger partial charge is 0.383 e. The van der Waals surface area contributed by atoms with Crippen LogP contribution in [0.5, 0.6) is 0 Å². The molecule has 0 radical (unpaired) electrons. The lowest BCUT2D eigenvalue weighted by atomic mass is 9.92. The third-order valence-electron chi connectivity index (χ3n) is 9.62. The molecule has 0 aliphatic heterocycles. The highest BCUT2D eigenvalue weighted by atomic mass is 15.0. The fourth-order valence-electron chi connectivity index (χ4n) is 6.76. The first-order valence-electron chi connectivity index (χ1n) is 17.9. The van der Waals surface area contributed by atoms with Crippen molar-refractivity contribution in [3.63, 3.8) is 0 Å². The Kier molecular flexibility index (Phi) is 9.69. The monoisotopic (exact) mass is 692 g/mol. The highest BCUT2D eigenvalue weighted by Gasteiger charge is 2.11. The van der Waals surface area contributed by atoms with Gasteiger partial charge >= 0.3 is 0 Å². The molecule has 54 heavy (non-hydrogen) atoms. The molecule has 0 aromatic heterocycles. The van der Waals surface area contributed by atoms with Gasteiger partial charge in [0.05, 0.1) is 18.2 Å². The van der Waals surface area contributed by atoms with E-state index in [4.69, 9.17) is 15.7 Å². The van der Waals surface area contributed by atoms with Crippen LogP contribution in [-0.4, -0.2) is 11.7 Å². The molecule has 8 aromatic rings. The smallest absolute Gasteiger partial charge is 0.157 e. The van der Waals surface area contributed by atoms with Gasteiger partial charge in [0.1, 0.15) is 5.84 Å². The quantitative estimate of drug-likeness (QED) is 0.127. The normalized spacial score (nSPS) is 11.7. The maximum Gasteiger partial charge on any atom is 0.157 e. The lowest BCUT2D eigenvalue weighted by Gasteiger charge is -2.13. The number of nitriles is 1. The summed E-state index contributed by atoms with van der Waals surface area (Å²) in [7, 11) is 0. The number of hydrogen-bond acceptors (Lipinski definition) is 2. The van der Waals surface area contributed by atoms with Gasteiger partial charge in [0.2, 0.25) is 0 Å². The number of hydrogen-bond donors (Lipinski definition) is 1. The molecular formula is C50H36N4. The summed E-state index contributed by atoms with van der Waals surface area (Å²) in [6.45, 7) is 0.406. The Morgan fingerprint density at radius 3 is 1.70 bits per heavy atom. The minimum atomic E-state index is 0.406. The van der Waals surface area contributed by atoms with E-state index in [-0.39, 0.29) is 0 Å². The lowest BCUT2D eigenvalue weighted by Crippen LogP contribution is -2.16. The number of amidine groups is 2. The van der Waals surface area contributed by atoms with Crippen LogP contribution in [-0.2, 0) is 6.54 Å². The van der Waals surface area contributed by atoms with Gasteiger partial charge in [-0.3, -0.25) is 4.99 Å². The zero-order valence-corrected chi connectivity index (χ0v) is 29.6. The van der Waals surface area contributed by atoms with Gasteiger partial charge in [-0.1, -0.05) is 164 Å². The highest BCUT2D eigenvalue weighted by Crippen LogP contribution is 2.34. The molecule has 2 N–H and O–H groups in total. The van der Waals surface area contributed by atoms with E-state index in [0.717, 1.165) is 55.6 Å². The van der Waals surface area contributed by atoms with E-state index in [1.807, 2.05) is 84.9 Å². The first-order valence-corrected chi connectivity index (χ1v) is 17.9. The molecule has 0 amide bonds. The molecule has 0 aliphatic carbocycles. The van der Waals surface area contributed by atoms with E-state index in [0.29, 0.717) is 23.8 Å². The van der Waals surface area contributed by atoms with Crippen molar-refractivity contribution in [3.05, 3.63) is 216 Å². The molecule has 0 atom stereocenters. The van der Waals surface area contributed by atoms with E-state index < -0.39 is 0 Å². The average Bonchev–Trinajstić information content (AvgIpc) is 3.25. The summed E-state index contributed by atoms with van der Waals surface area (Å²) in [6.07, 6.45) is 0. The molecule has 0 saturated carbocycles. The predicted octanol–water partition coefficient (Wildman–Crippen LogP) is 11.7. The number of benzene rings is 8. The first-order chi connectivity index (χ1) is 26.6. The molecule has 0 heterocycles. The predicted molar refractivity (Wildman–Crippen MR) is 224 cm³/mol. The molecule has 0 spiro atoms. The van der Waals surface area contributed by atoms with Gasteiger partial charge in [0.25, 0.3) is 0 Å². The number of nitrogens with two attached hydrogens (primary N) is 1. The zero-order valence-electron chi connectivity index (χ0n) is 29.6. The third-order valence-corrected chi connectivity index (χ3v) is 9.62. The second-order valence-corrected chi connectivity index (χ2v) is 13.2. The van der Waals surface area contributed by atoms with Crippen molar-refractivity contribution < 1.29 is 0 Å². The highest BCUT2D eigenvalue weighted by molar-refractivity contribution is 6.11. The first kappa shape index (κ1) is 33.8. The van der Waals surface area contributed by atoms with Gasteiger partial charge in [-0.2, -0.15) is 5.26 Å². The van der Waals surface area contributed by atoms with Gasteiger partial charge in [-0.15, -0.1) is 0 Å². The second kappa shape index (κ2) is 15.5. The summed E-state index contributed by atoms with van der Waals surface area (Å²) in [5.41, 5.74) is 19.0. The van der Waals surface area contributed by atoms with E-state index in [1.54, 1.807) is 0 Å². The van der Waals surface area contributed by atoms with Gasteiger partial charge in [0, 0.05) is 11.1 Å². The number of fused-ring (bicyclic) bond motifs is 1. The van der Waals surface area contributed by atoms with Crippen molar-refractivity contribution in [2.75, 3.05) is 0 Å². The average molecular weight is 693 g/mol. The van der Waals surface area contributed by atoms with Gasteiger partial charge < -0.3 is 5.73 Å². The van der Waals surface area contributed by atoms with Crippen LogP contribution in [0.4, 0.5) is 0 Å². The molecular weight excluding hydrogens is 657 g/mol. The van der Waals surface area contributed by atoms with Gasteiger partial charge in [-0.05, 0) is 91.2 Å².